The number of nitrogens with zero attached hydrogens (tertiary/aromatic N) is 4. The number of anilines is 4. The molecule has 2 aromatic heterocycles. The van der Waals surface area contributed by atoms with E-state index in [1.165, 1.54) is 18.2 Å². The molecule has 0 unspecified atom stereocenters. The van der Waals surface area contributed by atoms with Crippen molar-refractivity contribution in [3.63, 3.8) is 0 Å². The average Bonchev–Trinajstić information content (AvgIpc) is 3.22. The fourth-order valence-electron chi connectivity index (χ4n) is 4.12. The number of aryl methyl sites for hydroxylation is 2. The Morgan fingerprint density at radius 2 is 1.65 bits per heavy atom. The number of hydrogen-bond acceptors (Lipinski definition) is 8. The highest BCUT2D eigenvalue weighted by Crippen LogP contribution is 2.23. The number of primary sulfonamides is 1. The van der Waals surface area contributed by atoms with Gasteiger partial charge in [-0.15, -0.1) is 12.4 Å². The number of benzene rings is 3. The summed E-state index contributed by atoms with van der Waals surface area (Å²) in [5.74, 6) is 1.35. The van der Waals surface area contributed by atoms with E-state index >= 15 is 0 Å². The SMILES string of the molecule is Cc1ccc(Nc2nccc(NCc3ccc4c(c3)nc(NCc3ccc(F)cc3)n4C)n2)cc1S(N)(=O)=O.Cl. The Morgan fingerprint density at radius 3 is 2.40 bits per heavy atom. The maximum atomic E-state index is 13.2. The zero-order valence-corrected chi connectivity index (χ0v) is 23.4. The van der Waals surface area contributed by atoms with Gasteiger partial charge < -0.3 is 20.5 Å². The van der Waals surface area contributed by atoms with Crippen LogP contribution >= 0.6 is 12.4 Å². The number of fused-ring (bicyclic) bond motifs is 1. The van der Waals surface area contributed by atoms with Gasteiger partial charge in [-0.05, 0) is 66.1 Å². The van der Waals surface area contributed by atoms with Gasteiger partial charge in [-0.3, -0.25) is 0 Å². The molecule has 0 bridgehead atoms. The van der Waals surface area contributed by atoms with Crippen LogP contribution in [0.2, 0.25) is 0 Å². The Morgan fingerprint density at radius 1 is 0.925 bits per heavy atom. The van der Waals surface area contributed by atoms with E-state index in [1.807, 2.05) is 29.8 Å². The number of imidazole rings is 1. The summed E-state index contributed by atoms with van der Waals surface area (Å²) in [7, 11) is -1.91. The minimum atomic E-state index is -3.85. The van der Waals surface area contributed by atoms with Gasteiger partial charge >= 0.3 is 0 Å². The van der Waals surface area contributed by atoms with Crippen LogP contribution in [0.1, 0.15) is 16.7 Å². The second-order valence-electron chi connectivity index (χ2n) is 9.07. The molecular formula is C27H28ClFN8O2S. The van der Waals surface area contributed by atoms with Crippen LogP contribution in [-0.4, -0.2) is 27.9 Å². The second-order valence-corrected chi connectivity index (χ2v) is 10.6. The maximum Gasteiger partial charge on any atom is 0.238 e. The molecule has 0 saturated heterocycles. The molecule has 0 spiro atoms. The number of sulfonamides is 1. The zero-order chi connectivity index (χ0) is 27.6. The third kappa shape index (κ3) is 6.65. The lowest BCUT2D eigenvalue weighted by Crippen LogP contribution is -2.14. The molecule has 3 aromatic carbocycles. The standard InChI is InChI=1S/C27H27FN8O2S.ClH/c1-17-3-9-21(14-24(17)39(29,37)38)33-26-30-12-11-25(35-26)31-16-19-6-10-23-22(13-19)34-27(36(23)2)32-15-18-4-7-20(28)8-5-18;/h3-14H,15-16H2,1-2H3,(H,32,34)(H2,29,37,38)(H2,30,31,33,35);1H. The Bertz CT molecular complexity index is 1760. The number of nitrogens with two attached hydrogens (primary N) is 1. The monoisotopic (exact) mass is 582 g/mol. The first-order valence-electron chi connectivity index (χ1n) is 12.1. The summed E-state index contributed by atoms with van der Waals surface area (Å²) in [5.41, 5.74) is 4.85. The Balaban J connectivity index is 0.00000370. The molecule has 5 N–H and O–H groups in total. The van der Waals surface area contributed by atoms with Gasteiger partial charge in [-0.25, -0.2) is 27.9 Å². The van der Waals surface area contributed by atoms with E-state index in [-0.39, 0.29) is 23.1 Å². The molecule has 0 aliphatic heterocycles. The molecule has 208 valence electrons. The van der Waals surface area contributed by atoms with E-state index in [0.29, 0.717) is 42.1 Å². The van der Waals surface area contributed by atoms with Crippen molar-refractivity contribution >= 4 is 56.9 Å². The molecular weight excluding hydrogens is 555 g/mol. The van der Waals surface area contributed by atoms with E-state index in [9.17, 15) is 12.8 Å². The second kappa shape index (κ2) is 11.9. The number of halogens is 2. The molecule has 5 aromatic rings. The van der Waals surface area contributed by atoms with Crippen molar-refractivity contribution in [3.8, 4) is 0 Å². The molecule has 0 atom stereocenters. The highest BCUT2D eigenvalue weighted by Gasteiger charge is 2.13. The van der Waals surface area contributed by atoms with Crippen molar-refractivity contribution in [2.75, 3.05) is 16.0 Å². The first kappa shape index (κ1) is 28.7. The number of hydrogen-bond donors (Lipinski definition) is 4. The average molecular weight is 583 g/mol. The topological polar surface area (TPSA) is 140 Å². The molecule has 0 fully saturated rings. The predicted octanol–water partition coefficient (Wildman–Crippen LogP) is 4.85. The normalized spacial score (nSPS) is 11.2. The molecule has 0 aliphatic carbocycles. The summed E-state index contributed by atoms with van der Waals surface area (Å²) in [6.07, 6.45) is 1.60. The third-order valence-corrected chi connectivity index (χ3v) is 7.24. The Hall–Kier alpha value is -4.26. The Kier molecular flexibility index (Phi) is 8.52. The van der Waals surface area contributed by atoms with E-state index < -0.39 is 10.0 Å². The van der Waals surface area contributed by atoms with Crippen LogP contribution in [0.15, 0.2) is 77.8 Å². The highest BCUT2D eigenvalue weighted by molar-refractivity contribution is 7.89. The van der Waals surface area contributed by atoms with Gasteiger partial charge in [-0.2, -0.15) is 4.98 Å². The number of rotatable bonds is 9. The molecule has 10 nitrogen and oxygen atoms in total. The van der Waals surface area contributed by atoms with Crippen molar-refractivity contribution in [1.82, 2.24) is 19.5 Å². The molecule has 40 heavy (non-hydrogen) atoms. The third-order valence-electron chi connectivity index (χ3n) is 6.19. The van der Waals surface area contributed by atoms with Crippen LogP contribution in [0.3, 0.4) is 0 Å². The van der Waals surface area contributed by atoms with Gasteiger partial charge in [0.05, 0.1) is 15.9 Å². The van der Waals surface area contributed by atoms with Crippen LogP contribution in [0.5, 0.6) is 0 Å². The summed E-state index contributed by atoms with van der Waals surface area (Å²) in [6, 6.07) is 19.0. The summed E-state index contributed by atoms with van der Waals surface area (Å²) in [5, 5.41) is 14.9. The smallest absolute Gasteiger partial charge is 0.238 e. The quantitative estimate of drug-likeness (QED) is 0.193. The van der Waals surface area contributed by atoms with Gasteiger partial charge in [0.2, 0.25) is 21.9 Å². The minimum absolute atomic E-state index is 0. The fraction of sp³-hybridized carbons (Fsp3) is 0.148. The van der Waals surface area contributed by atoms with E-state index in [4.69, 9.17) is 10.1 Å². The van der Waals surface area contributed by atoms with E-state index in [2.05, 4.69) is 25.9 Å². The lowest BCUT2D eigenvalue weighted by molar-refractivity contribution is 0.597. The van der Waals surface area contributed by atoms with Crippen LogP contribution < -0.4 is 21.1 Å². The summed E-state index contributed by atoms with van der Waals surface area (Å²) in [4.78, 5) is 13.4. The summed E-state index contributed by atoms with van der Waals surface area (Å²) < 4.78 is 38.8. The first-order chi connectivity index (χ1) is 18.7. The first-order valence-corrected chi connectivity index (χ1v) is 13.6. The molecule has 13 heteroatoms. The van der Waals surface area contributed by atoms with E-state index in [1.54, 1.807) is 43.5 Å². The lowest BCUT2D eigenvalue weighted by Gasteiger charge is -2.10. The molecule has 0 saturated carbocycles. The van der Waals surface area contributed by atoms with Crippen molar-refractivity contribution in [1.29, 1.82) is 0 Å². The Labute approximate surface area is 237 Å². The van der Waals surface area contributed by atoms with Crippen LogP contribution in [0.4, 0.5) is 27.8 Å². The van der Waals surface area contributed by atoms with Gasteiger partial charge in [-0.1, -0.05) is 24.3 Å². The molecule has 2 heterocycles. The zero-order valence-electron chi connectivity index (χ0n) is 21.7. The van der Waals surface area contributed by atoms with Gasteiger partial charge in [0, 0.05) is 32.0 Å². The van der Waals surface area contributed by atoms with Crippen molar-refractivity contribution in [2.45, 2.75) is 24.9 Å². The number of nitrogens with one attached hydrogen (secondary N) is 3. The largest absolute Gasteiger partial charge is 0.366 e. The summed E-state index contributed by atoms with van der Waals surface area (Å²) >= 11 is 0. The fourth-order valence-corrected chi connectivity index (χ4v) is 4.93. The van der Waals surface area contributed by atoms with Crippen molar-refractivity contribution in [2.24, 2.45) is 12.2 Å². The van der Waals surface area contributed by atoms with Gasteiger partial charge in [0.15, 0.2) is 0 Å². The number of aromatic nitrogens is 4. The van der Waals surface area contributed by atoms with Crippen molar-refractivity contribution in [3.05, 3.63) is 95.4 Å². The predicted molar refractivity (Wildman–Crippen MR) is 157 cm³/mol. The molecule has 5 rings (SSSR count). The summed E-state index contributed by atoms with van der Waals surface area (Å²) in [6.45, 7) is 2.71. The van der Waals surface area contributed by atoms with Crippen LogP contribution in [0.25, 0.3) is 11.0 Å². The molecule has 0 aliphatic rings. The lowest BCUT2D eigenvalue weighted by atomic mass is 10.2. The van der Waals surface area contributed by atoms with Gasteiger partial charge in [0.1, 0.15) is 11.6 Å². The van der Waals surface area contributed by atoms with E-state index in [0.717, 1.165) is 22.2 Å². The van der Waals surface area contributed by atoms with Gasteiger partial charge in [0.25, 0.3) is 0 Å². The van der Waals surface area contributed by atoms with Crippen LogP contribution in [-0.2, 0) is 30.2 Å². The highest BCUT2D eigenvalue weighted by atomic mass is 35.5. The maximum absolute atomic E-state index is 13.2. The van der Waals surface area contributed by atoms with Crippen molar-refractivity contribution < 1.29 is 12.8 Å². The minimum Gasteiger partial charge on any atom is -0.366 e. The molecule has 0 amide bonds. The molecule has 0 radical (unpaired) electrons. The van der Waals surface area contributed by atoms with Crippen LogP contribution in [0, 0.1) is 12.7 Å².